The zero-order chi connectivity index (χ0) is 13.1. The standard InChI is InChI=1S/C13H15BrIN3/c1-9(2)18-8-16-6-11(18)7-17-13-5-10(14)3-4-12(13)15/h3-6,8-9,17H,7H2,1-2H3. The maximum absolute atomic E-state index is 4.21. The zero-order valence-corrected chi connectivity index (χ0v) is 14.1. The Morgan fingerprint density at radius 3 is 2.94 bits per heavy atom. The normalized spacial score (nSPS) is 10.9. The highest BCUT2D eigenvalue weighted by Gasteiger charge is 2.06. The van der Waals surface area contributed by atoms with Crippen molar-refractivity contribution in [3.8, 4) is 0 Å². The van der Waals surface area contributed by atoms with Gasteiger partial charge in [0.2, 0.25) is 0 Å². The van der Waals surface area contributed by atoms with Crippen LogP contribution < -0.4 is 5.32 Å². The predicted octanol–water partition coefficient (Wildman–Crippen LogP) is 4.44. The van der Waals surface area contributed by atoms with E-state index >= 15 is 0 Å². The van der Waals surface area contributed by atoms with E-state index in [0.717, 1.165) is 16.7 Å². The maximum atomic E-state index is 4.21. The molecule has 0 aliphatic heterocycles. The number of halogens is 2. The number of nitrogens with one attached hydrogen (secondary N) is 1. The van der Waals surface area contributed by atoms with Crippen LogP contribution in [0.5, 0.6) is 0 Å². The quantitative estimate of drug-likeness (QED) is 0.742. The first-order valence-electron chi connectivity index (χ1n) is 5.77. The van der Waals surface area contributed by atoms with E-state index in [-0.39, 0.29) is 0 Å². The van der Waals surface area contributed by atoms with Crippen LogP contribution in [0, 0.1) is 3.57 Å². The third kappa shape index (κ3) is 3.26. The van der Waals surface area contributed by atoms with Crippen molar-refractivity contribution in [2.45, 2.75) is 26.4 Å². The summed E-state index contributed by atoms with van der Waals surface area (Å²) >= 11 is 5.83. The van der Waals surface area contributed by atoms with E-state index in [0.29, 0.717) is 6.04 Å². The van der Waals surface area contributed by atoms with Gasteiger partial charge in [0, 0.05) is 26.0 Å². The van der Waals surface area contributed by atoms with Crippen LogP contribution in [0.15, 0.2) is 35.2 Å². The first-order chi connectivity index (χ1) is 8.58. The van der Waals surface area contributed by atoms with Crippen LogP contribution in [0.2, 0.25) is 0 Å². The summed E-state index contributed by atoms with van der Waals surface area (Å²) in [5.41, 5.74) is 2.34. The molecule has 2 rings (SSSR count). The Bertz CT molecular complexity index is 537. The van der Waals surface area contributed by atoms with E-state index < -0.39 is 0 Å². The van der Waals surface area contributed by atoms with E-state index in [1.165, 1.54) is 9.26 Å². The Hall–Kier alpha value is -0.560. The summed E-state index contributed by atoms with van der Waals surface area (Å²) < 4.78 is 4.48. The summed E-state index contributed by atoms with van der Waals surface area (Å²) in [6.45, 7) is 5.10. The van der Waals surface area contributed by atoms with Gasteiger partial charge in [0.25, 0.3) is 0 Å². The van der Waals surface area contributed by atoms with Crippen LogP contribution in [0.4, 0.5) is 5.69 Å². The van der Waals surface area contributed by atoms with Crippen molar-refractivity contribution < 1.29 is 0 Å². The lowest BCUT2D eigenvalue weighted by Gasteiger charge is -2.13. The SMILES string of the molecule is CC(C)n1cncc1CNc1cc(Br)ccc1I. The van der Waals surface area contributed by atoms with Crippen molar-refractivity contribution in [1.29, 1.82) is 0 Å². The van der Waals surface area contributed by atoms with Gasteiger partial charge in [-0.1, -0.05) is 15.9 Å². The zero-order valence-electron chi connectivity index (χ0n) is 10.3. The minimum absolute atomic E-state index is 0.436. The highest BCUT2D eigenvalue weighted by Crippen LogP contribution is 2.23. The van der Waals surface area contributed by atoms with E-state index in [4.69, 9.17) is 0 Å². The van der Waals surface area contributed by atoms with Crippen molar-refractivity contribution >= 4 is 44.2 Å². The number of hydrogen-bond donors (Lipinski definition) is 1. The fourth-order valence-electron chi connectivity index (χ4n) is 1.75. The fraction of sp³-hybridized carbons (Fsp3) is 0.308. The molecule has 3 nitrogen and oxygen atoms in total. The van der Waals surface area contributed by atoms with E-state index in [2.05, 4.69) is 79.4 Å². The van der Waals surface area contributed by atoms with Gasteiger partial charge in [-0.2, -0.15) is 0 Å². The highest BCUT2D eigenvalue weighted by atomic mass is 127. The van der Waals surface area contributed by atoms with Crippen molar-refractivity contribution in [3.05, 3.63) is 44.5 Å². The maximum Gasteiger partial charge on any atom is 0.0951 e. The molecule has 0 fully saturated rings. The number of rotatable bonds is 4. The van der Waals surface area contributed by atoms with E-state index in [1.54, 1.807) is 0 Å². The van der Waals surface area contributed by atoms with Gasteiger partial charge in [-0.25, -0.2) is 4.98 Å². The molecule has 1 heterocycles. The first kappa shape index (κ1) is 13.9. The molecule has 1 aromatic heterocycles. The van der Waals surface area contributed by atoms with E-state index in [1.807, 2.05) is 18.6 Å². The van der Waals surface area contributed by atoms with Crippen molar-refractivity contribution in [2.75, 3.05) is 5.32 Å². The second-order valence-electron chi connectivity index (χ2n) is 4.36. The summed E-state index contributed by atoms with van der Waals surface area (Å²) in [5.74, 6) is 0. The molecule has 0 aliphatic rings. The molecule has 0 atom stereocenters. The van der Waals surface area contributed by atoms with Crippen LogP contribution in [0.3, 0.4) is 0 Å². The molecule has 2 aromatic rings. The summed E-state index contributed by atoms with van der Waals surface area (Å²) in [5, 5.41) is 3.45. The topological polar surface area (TPSA) is 29.9 Å². The number of benzene rings is 1. The monoisotopic (exact) mass is 419 g/mol. The van der Waals surface area contributed by atoms with Crippen molar-refractivity contribution in [1.82, 2.24) is 9.55 Å². The fourth-order valence-corrected chi connectivity index (χ4v) is 2.64. The number of anilines is 1. The molecule has 96 valence electrons. The summed E-state index contributed by atoms with van der Waals surface area (Å²) in [7, 11) is 0. The summed E-state index contributed by atoms with van der Waals surface area (Å²) in [6, 6.07) is 6.67. The predicted molar refractivity (Wildman–Crippen MR) is 86.8 cm³/mol. The minimum Gasteiger partial charge on any atom is -0.379 e. The Morgan fingerprint density at radius 1 is 1.44 bits per heavy atom. The number of hydrogen-bond acceptors (Lipinski definition) is 2. The van der Waals surface area contributed by atoms with Gasteiger partial charge in [-0.05, 0) is 54.6 Å². The summed E-state index contributed by atoms with van der Waals surface area (Å²) in [6.07, 6.45) is 3.80. The Kier molecular flexibility index (Phi) is 4.66. The van der Waals surface area contributed by atoms with Gasteiger partial charge in [0.1, 0.15) is 0 Å². The lowest BCUT2D eigenvalue weighted by Crippen LogP contribution is -2.09. The molecular formula is C13H15BrIN3. The Balaban J connectivity index is 2.11. The van der Waals surface area contributed by atoms with Crippen LogP contribution in [-0.4, -0.2) is 9.55 Å². The molecule has 0 amide bonds. The van der Waals surface area contributed by atoms with Crippen molar-refractivity contribution in [3.63, 3.8) is 0 Å². The van der Waals surface area contributed by atoms with Gasteiger partial charge in [0.15, 0.2) is 0 Å². The van der Waals surface area contributed by atoms with Crippen LogP contribution in [0.1, 0.15) is 25.6 Å². The molecule has 18 heavy (non-hydrogen) atoms. The van der Waals surface area contributed by atoms with Gasteiger partial charge < -0.3 is 9.88 Å². The Morgan fingerprint density at radius 2 is 2.22 bits per heavy atom. The highest BCUT2D eigenvalue weighted by molar-refractivity contribution is 14.1. The van der Waals surface area contributed by atoms with Gasteiger partial charge in [-0.15, -0.1) is 0 Å². The molecule has 0 bridgehead atoms. The average molecular weight is 420 g/mol. The molecule has 1 aromatic carbocycles. The van der Waals surface area contributed by atoms with Gasteiger partial charge in [-0.3, -0.25) is 0 Å². The largest absolute Gasteiger partial charge is 0.379 e. The molecule has 0 aliphatic carbocycles. The third-order valence-electron chi connectivity index (χ3n) is 2.69. The molecule has 0 unspecified atom stereocenters. The smallest absolute Gasteiger partial charge is 0.0951 e. The Labute approximate surface area is 129 Å². The molecule has 0 spiro atoms. The van der Waals surface area contributed by atoms with Gasteiger partial charge in [0.05, 0.1) is 18.6 Å². The molecule has 1 N–H and O–H groups in total. The van der Waals surface area contributed by atoms with Crippen LogP contribution in [-0.2, 0) is 6.54 Å². The van der Waals surface area contributed by atoms with Crippen LogP contribution in [0.25, 0.3) is 0 Å². The number of aromatic nitrogens is 2. The molecule has 0 saturated carbocycles. The van der Waals surface area contributed by atoms with Crippen molar-refractivity contribution in [2.24, 2.45) is 0 Å². The minimum atomic E-state index is 0.436. The first-order valence-corrected chi connectivity index (χ1v) is 7.64. The second-order valence-corrected chi connectivity index (χ2v) is 6.44. The van der Waals surface area contributed by atoms with Crippen LogP contribution >= 0.6 is 38.5 Å². The molecular weight excluding hydrogens is 405 g/mol. The molecule has 0 radical (unpaired) electrons. The van der Waals surface area contributed by atoms with Gasteiger partial charge >= 0.3 is 0 Å². The summed E-state index contributed by atoms with van der Waals surface area (Å²) in [4.78, 5) is 4.21. The lowest BCUT2D eigenvalue weighted by molar-refractivity contribution is 0.577. The van der Waals surface area contributed by atoms with E-state index in [9.17, 15) is 0 Å². The average Bonchev–Trinajstić information content (AvgIpc) is 2.79. The molecule has 5 heteroatoms. The third-order valence-corrected chi connectivity index (χ3v) is 4.12. The lowest BCUT2D eigenvalue weighted by atomic mass is 10.3. The number of nitrogens with zero attached hydrogens (tertiary/aromatic N) is 2. The number of imidazole rings is 1. The molecule has 0 saturated heterocycles. The second kappa shape index (κ2) is 6.06.